The van der Waals surface area contributed by atoms with Crippen LogP contribution in [-0.4, -0.2) is 54.9 Å². The van der Waals surface area contributed by atoms with Crippen molar-refractivity contribution in [3.8, 4) is 5.75 Å². The summed E-state index contributed by atoms with van der Waals surface area (Å²) < 4.78 is 27.3. The monoisotopic (exact) mass is 676 g/mol. The van der Waals surface area contributed by atoms with E-state index in [1.807, 2.05) is 45.9 Å². The molecule has 0 unspecified atom stereocenters. The molecule has 12 heteroatoms. The van der Waals surface area contributed by atoms with Crippen molar-refractivity contribution in [1.82, 2.24) is 15.2 Å². The molecule has 2 aromatic carbocycles. The van der Waals surface area contributed by atoms with Gasteiger partial charge in [-0.15, -0.1) is 0 Å². The SMILES string of the molecule is Cc1cc(F)c(Nc2ccnc3c2C(=O)Nc2cc(CN4CCC[C@@H](NC(=O)OC(C)(C)C)C4)ccc2N3)cc1O[Si](C)(C)C(C)(C)C. The molecule has 1 atom stereocenters. The highest BCUT2D eigenvalue weighted by molar-refractivity contribution is 6.74. The summed E-state index contributed by atoms with van der Waals surface area (Å²) in [6.07, 6.45) is 3.02. The Morgan fingerprint density at radius 2 is 1.81 bits per heavy atom. The first-order valence-electron chi connectivity index (χ1n) is 16.6. The second-order valence-corrected chi connectivity index (χ2v) is 20.1. The lowest BCUT2D eigenvalue weighted by molar-refractivity contribution is 0.0470. The molecule has 0 spiro atoms. The molecule has 3 heterocycles. The Kier molecular flexibility index (Phi) is 9.80. The van der Waals surface area contributed by atoms with Gasteiger partial charge in [0.05, 0.1) is 22.7 Å². The number of aromatic nitrogens is 1. The maximum absolute atomic E-state index is 15.3. The number of pyridine rings is 1. The highest BCUT2D eigenvalue weighted by Gasteiger charge is 2.39. The molecule has 258 valence electrons. The van der Waals surface area contributed by atoms with Crippen LogP contribution in [0.3, 0.4) is 0 Å². The van der Waals surface area contributed by atoms with Gasteiger partial charge in [-0.05, 0) is 101 Å². The zero-order chi connectivity index (χ0) is 35.0. The lowest BCUT2D eigenvalue weighted by Gasteiger charge is -2.37. The Hall–Kier alpha value is -4.16. The summed E-state index contributed by atoms with van der Waals surface area (Å²) in [5.41, 5.74) is 3.39. The first kappa shape index (κ1) is 35.2. The van der Waals surface area contributed by atoms with Gasteiger partial charge < -0.3 is 30.4 Å². The number of piperidine rings is 1. The minimum Gasteiger partial charge on any atom is -0.543 e. The first-order valence-corrected chi connectivity index (χ1v) is 19.5. The number of amides is 2. The standard InChI is InChI=1S/C36H49FN6O4Si/c1-22-17-25(37)28(19-30(22)47-48(8,9)36(5,6)7)40-27-14-15-38-32-31(27)33(44)42-29-18-23(12-13-26(29)41-32)20-43-16-10-11-24(21-43)39-34(45)46-35(2,3)4/h12-15,17-19,24H,10-11,16,20-21H2,1-9H3,(H,39,45)(H,42,44)(H2,38,40,41)/t24-/m1/s1. The fourth-order valence-electron chi connectivity index (χ4n) is 5.59. The number of likely N-dealkylation sites (tertiary alicyclic amines) is 1. The molecule has 5 rings (SSSR count). The Morgan fingerprint density at radius 1 is 1.06 bits per heavy atom. The molecule has 4 N–H and O–H groups in total. The topological polar surface area (TPSA) is 117 Å². The minimum absolute atomic E-state index is 0.00430. The summed E-state index contributed by atoms with van der Waals surface area (Å²) in [5.74, 6) is 0.167. The summed E-state index contributed by atoms with van der Waals surface area (Å²) in [7, 11) is -2.18. The molecule has 3 aromatic rings. The predicted octanol–water partition coefficient (Wildman–Crippen LogP) is 8.46. The van der Waals surface area contributed by atoms with E-state index in [0.29, 0.717) is 47.3 Å². The number of benzene rings is 2. The van der Waals surface area contributed by atoms with E-state index in [1.165, 1.54) is 6.07 Å². The first-order chi connectivity index (χ1) is 22.4. The highest BCUT2D eigenvalue weighted by atomic mass is 28.4. The van der Waals surface area contributed by atoms with Gasteiger partial charge in [0.2, 0.25) is 8.32 Å². The molecule has 0 bridgehead atoms. The van der Waals surface area contributed by atoms with Crippen molar-refractivity contribution in [2.75, 3.05) is 29.0 Å². The fraction of sp³-hybridized carbons (Fsp3) is 0.472. The van der Waals surface area contributed by atoms with Gasteiger partial charge in [-0.3, -0.25) is 9.69 Å². The Morgan fingerprint density at radius 3 is 2.52 bits per heavy atom. The van der Waals surface area contributed by atoms with Gasteiger partial charge in [-0.2, -0.15) is 0 Å². The van der Waals surface area contributed by atoms with Crippen molar-refractivity contribution < 1.29 is 23.1 Å². The van der Waals surface area contributed by atoms with E-state index < -0.39 is 25.8 Å². The van der Waals surface area contributed by atoms with E-state index in [1.54, 1.807) is 18.3 Å². The number of rotatable bonds is 7. The van der Waals surface area contributed by atoms with Crippen LogP contribution in [0.15, 0.2) is 42.6 Å². The van der Waals surface area contributed by atoms with E-state index in [9.17, 15) is 9.59 Å². The molecule has 2 aliphatic heterocycles. The van der Waals surface area contributed by atoms with Crippen LogP contribution in [0.25, 0.3) is 0 Å². The van der Waals surface area contributed by atoms with Gasteiger partial charge in [0.1, 0.15) is 28.5 Å². The van der Waals surface area contributed by atoms with Crippen LogP contribution in [-0.2, 0) is 11.3 Å². The van der Waals surface area contributed by atoms with Crippen LogP contribution in [0.2, 0.25) is 18.1 Å². The van der Waals surface area contributed by atoms with E-state index in [4.69, 9.17) is 9.16 Å². The smallest absolute Gasteiger partial charge is 0.407 e. The number of hydrogen-bond acceptors (Lipinski definition) is 8. The Balaban J connectivity index is 1.32. The van der Waals surface area contributed by atoms with Crippen LogP contribution in [0.5, 0.6) is 5.75 Å². The number of aryl methyl sites for hydroxylation is 1. The number of nitrogens with one attached hydrogen (secondary N) is 4. The molecule has 0 saturated carbocycles. The zero-order valence-corrected chi connectivity index (χ0v) is 30.6. The molecule has 2 aliphatic rings. The van der Waals surface area contributed by atoms with Gasteiger partial charge in [0.25, 0.3) is 5.91 Å². The lowest BCUT2D eigenvalue weighted by atomic mass is 10.0. The summed E-state index contributed by atoms with van der Waals surface area (Å²) in [6.45, 7) is 20.4. The normalized spacial score (nSPS) is 16.9. The van der Waals surface area contributed by atoms with E-state index in [2.05, 4.69) is 65.0 Å². The molecule has 1 saturated heterocycles. The summed E-state index contributed by atoms with van der Waals surface area (Å²) in [5, 5.41) is 12.5. The zero-order valence-electron chi connectivity index (χ0n) is 29.6. The molecular formula is C36H49FN6O4Si. The highest BCUT2D eigenvalue weighted by Crippen LogP contribution is 2.40. The number of ether oxygens (including phenoxy) is 1. The van der Waals surface area contributed by atoms with Gasteiger partial charge in [0, 0.05) is 31.4 Å². The Bertz CT molecular complexity index is 1700. The third-order valence-corrected chi connectivity index (χ3v) is 13.4. The number of anilines is 5. The van der Waals surface area contributed by atoms with Crippen molar-refractivity contribution in [2.24, 2.45) is 0 Å². The van der Waals surface area contributed by atoms with Gasteiger partial charge >= 0.3 is 6.09 Å². The van der Waals surface area contributed by atoms with Crippen LogP contribution < -0.4 is 25.7 Å². The molecule has 0 radical (unpaired) electrons. The van der Waals surface area contributed by atoms with Crippen LogP contribution in [0.4, 0.5) is 37.8 Å². The molecular weight excluding hydrogens is 628 g/mol. The van der Waals surface area contributed by atoms with Crippen molar-refractivity contribution in [1.29, 1.82) is 0 Å². The molecule has 2 amide bonds. The van der Waals surface area contributed by atoms with Crippen molar-refractivity contribution in [3.63, 3.8) is 0 Å². The second-order valence-electron chi connectivity index (χ2n) is 15.3. The molecule has 48 heavy (non-hydrogen) atoms. The van der Waals surface area contributed by atoms with E-state index in [-0.39, 0.29) is 28.2 Å². The van der Waals surface area contributed by atoms with Crippen LogP contribution in [0, 0.1) is 12.7 Å². The third-order valence-electron chi connectivity index (χ3n) is 9.10. The van der Waals surface area contributed by atoms with Gasteiger partial charge in [-0.25, -0.2) is 14.2 Å². The van der Waals surface area contributed by atoms with E-state index >= 15 is 4.39 Å². The fourth-order valence-corrected chi connectivity index (χ4v) is 6.66. The molecule has 1 fully saturated rings. The molecule has 10 nitrogen and oxygen atoms in total. The van der Waals surface area contributed by atoms with Crippen molar-refractivity contribution in [3.05, 3.63) is 65.1 Å². The predicted molar refractivity (Wildman–Crippen MR) is 192 cm³/mol. The third kappa shape index (κ3) is 8.27. The second kappa shape index (κ2) is 13.4. The number of fused-ring (bicyclic) bond motifs is 2. The number of carbonyl (C=O) groups is 2. The molecule has 1 aromatic heterocycles. The van der Waals surface area contributed by atoms with Crippen molar-refractivity contribution >= 4 is 48.9 Å². The largest absolute Gasteiger partial charge is 0.543 e. The molecule has 0 aliphatic carbocycles. The van der Waals surface area contributed by atoms with Gasteiger partial charge in [0.15, 0.2) is 0 Å². The summed E-state index contributed by atoms with van der Waals surface area (Å²) in [4.78, 5) is 32.8. The maximum Gasteiger partial charge on any atom is 0.407 e. The quantitative estimate of drug-likeness (QED) is 0.184. The number of carbonyl (C=O) groups excluding carboxylic acids is 2. The van der Waals surface area contributed by atoms with Gasteiger partial charge in [-0.1, -0.05) is 26.8 Å². The Labute approximate surface area is 284 Å². The maximum atomic E-state index is 15.3. The van der Waals surface area contributed by atoms with Crippen LogP contribution >= 0.6 is 0 Å². The van der Waals surface area contributed by atoms with Crippen LogP contribution in [0.1, 0.15) is 75.9 Å². The number of nitrogens with zero attached hydrogens (tertiary/aromatic N) is 2. The average Bonchev–Trinajstić information content (AvgIpc) is 3.09. The minimum atomic E-state index is -2.18. The lowest BCUT2D eigenvalue weighted by Crippen LogP contribution is -2.48. The van der Waals surface area contributed by atoms with E-state index in [0.717, 1.165) is 24.9 Å². The number of hydrogen-bond donors (Lipinski definition) is 4. The number of halogens is 1. The summed E-state index contributed by atoms with van der Waals surface area (Å²) >= 11 is 0. The summed E-state index contributed by atoms with van der Waals surface area (Å²) in [6, 6.07) is 10.7. The average molecular weight is 677 g/mol. The van der Waals surface area contributed by atoms with Crippen molar-refractivity contribution in [2.45, 2.75) is 97.6 Å². The number of alkyl carbamates (subject to hydrolysis) is 1.